The SMILES string of the molecule is COC(=O)Nc1ccc(OC(F)(F)F)cc1F. The van der Waals surface area contributed by atoms with E-state index in [1.54, 1.807) is 0 Å². The van der Waals surface area contributed by atoms with E-state index in [2.05, 4.69) is 9.47 Å². The smallest absolute Gasteiger partial charge is 0.453 e. The van der Waals surface area contributed by atoms with Crippen molar-refractivity contribution in [1.29, 1.82) is 0 Å². The first kappa shape index (κ1) is 13.1. The number of nitrogens with one attached hydrogen (secondary N) is 1. The van der Waals surface area contributed by atoms with Crippen molar-refractivity contribution >= 4 is 11.8 Å². The molecule has 0 aromatic heterocycles. The van der Waals surface area contributed by atoms with Crippen LogP contribution in [0.3, 0.4) is 0 Å². The summed E-state index contributed by atoms with van der Waals surface area (Å²) in [5, 5.41) is 1.98. The highest BCUT2D eigenvalue weighted by molar-refractivity contribution is 5.84. The van der Waals surface area contributed by atoms with Crippen molar-refractivity contribution in [2.24, 2.45) is 0 Å². The first-order valence-corrected chi connectivity index (χ1v) is 4.22. The van der Waals surface area contributed by atoms with Gasteiger partial charge in [-0.05, 0) is 12.1 Å². The fourth-order valence-electron chi connectivity index (χ4n) is 0.955. The molecule has 0 spiro atoms. The number of anilines is 1. The van der Waals surface area contributed by atoms with E-state index in [1.165, 1.54) is 0 Å². The molecule has 1 N–H and O–H groups in total. The molecule has 0 aliphatic carbocycles. The Labute approximate surface area is 93.1 Å². The second-order valence-corrected chi connectivity index (χ2v) is 2.81. The number of ether oxygens (including phenoxy) is 2. The van der Waals surface area contributed by atoms with Crippen LogP contribution >= 0.6 is 0 Å². The molecule has 94 valence electrons. The molecule has 1 rings (SSSR count). The minimum absolute atomic E-state index is 0.314. The van der Waals surface area contributed by atoms with Gasteiger partial charge in [-0.1, -0.05) is 0 Å². The number of hydrogen-bond acceptors (Lipinski definition) is 3. The minimum Gasteiger partial charge on any atom is -0.453 e. The normalized spacial score (nSPS) is 10.9. The van der Waals surface area contributed by atoms with Gasteiger partial charge in [0.2, 0.25) is 0 Å². The first-order valence-electron chi connectivity index (χ1n) is 4.22. The number of methoxy groups -OCH3 is 1. The van der Waals surface area contributed by atoms with Gasteiger partial charge in [-0.3, -0.25) is 5.32 Å². The van der Waals surface area contributed by atoms with Crippen molar-refractivity contribution in [3.8, 4) is 5.75 Å². The Balaban J connectivity index is 2.83. The van der Waals surface area contributed by atoms with Crippen molar-refractivity contribution in [3.63, 3.8) is 0 Å². The van der Waals surface area contributed by atoms with Crippen LogP contribution < -0.4 is 10.1 Å². The third-order valence-corrected chi connectivity index (χ3v) is 1.60. The number of benzene rings is 1. The molecule has 0 radical (unpaired) electrons. The Morgan fingerprint density at radius 3 is 2.47 bits per heavy atom. The van der Waals surface area contributed by atoms with Crippen molar-refractivity contribution < 1.29 is 31.8 Å². The number of rotatable bonds is 2. The first-order chi connectivity index (χ1) is 7.81. The maximum atomic E-state index is 13.2. The van der Waals surface area contributed by atoms with Crippen LogP contribution in [0.15, 0.2) is 18.2 Å². The van der Waals surface area contributed by atoms with Gasteiger partial charge in [0.05, 0.1) is 12.8 Å². The quantitative estimate of drug-likeness (QED) is 0.824. The van der Waals surface area contributed by atoms with Crippen LogP contribution in [0.25, 0.3) is 0 Å². The number of halogens is 4. The van der Waals surface area contributed by atoms with Crippen LogP contribution in [0.1, 0.15) is 0 Å². The van der Waals surface area contributed by atoms with E-state index in [4.69, 9.17) is 0 Å². The van der Waals surface area contributed by atoms with Crippen LogP contribution in [0.5, 0.6) is 5.75 Å². The molecule has 0 bridgehead atoms. The van der Waals surface area contributed by atoms with Crippen LogP contribution in [0.4, 0.5) is 28.0 Å². The van der Waals surface area contributed by atoms with Gasteiger partial charge >= 0.3 is 12.5 Å². The summed E-state index contributed by atoms with van der Waals surface area (Å²) in [6, 6.07) is 2.29. The summed E-state index contributed by atoms with van der Waals surface area (Å²) in [4.78, 5) is 10.7. The summed E-state index contributed by atoms with van der Waals surface area (Å²) in [5.41, 5.74) is -0.314. The van der Waals surface area contributed by atoms with Gasteiger partial charge in [0.25, 0.3) is 0 Å². The van der Waals surface area contributed by atoms with E-state index < -0.39 is 24.0 Å². The second kappa shape index (κ2) is 4.89. The maximum absolute atomic E-state index is 13.2. The molecule has 0 heterocycles. The summed E-state index contributed by atoms with van der Waals surface area (Å²) >= 11 is 0. The van der Waals surface area contributed by atoms with Gasteiger partial charge in [0.1, 0.15) is 5.75 Å². The van der Waals surface area contributed by atoms with Crippen molar-refractivity contribution in [1.82, 2.24) is 0 Å². The molecule has 0 saturated heterocycles. The van der Waals surface area contributed by atoms with Crippen molar-refractivity contribution in [2.75, 3.05) is 12.4 Å². The minimum atomic E-state index is -4.90. The Bertz CT molecular complexity index is 419. The monoisotopic (exact) mass is 253 g/mol. The topological polar surface area (TPSA) is 47.6 Å². The molecule has 0 atom stereocenters. The molecule has 1 aromatic rings. The van der Waals surface area contributed by atoms with E-state index in [9.17, 15) is 22.4 Å². The van der Waals surface area contributed by atoms with Gasteiger partial charge in [-0.2, -0.15) is 0 Å². The summed E-state index contributed by atoms with van der Waals surface area (Å²) in [5.74, 6) is -1.79. The second-order valence-electron chi connectivity index (χ2n) is 2.81. The molecule has 0 aliphatic rings. The Kier molecular flexibility index (Phi) is 3.77. The molecule has 0 unspecified atom stereocenters. The number of alkyl halides is 3. The zero-order chi connectivity index (χ0) is 13.1. The van der Waals surface area contributed by atoms with Crippen LogP contribution in [-0.2, 0) is 4.74 Å². The molecule has 17 heavy (non-hydrogen) atoms. The third kappa shape index (κ3) is 4.17. The number of hydrogen-bond donors (Lipinski definition) is 1. The fourth-order valence-corrected chi connectivity index (χ4v) is 0.955. The number of carbonyl (C=O) groups excluding carboxylic acids is 1. The molecule has 1 aromatic carbocycles. The van der Waals surface area contributed by atoms with E-state index in [1.807, 2.05) is 5.32 Å². The summed E-state index contributed by atoms with van der Waals surface area (Å²) in [6.45, 7) is 0. The highest BCUT2D eigenvalue weighted by atomic mass is 19.4. The van der Waals surface area contributed by atoms with E-state index in [0.717, 1.165) is 19.2 Å². The summed E-state index contributed by atoms with van der Waals surface area (Å²) < 4.78 is 56.3. The van der Waals surface area contributed by atoms with Crippen LogP contribution in [-0.4, -0.2) is 19.6 Å². The Morgan fingerprint density at radius 1 is 1.35 bits per heavy atom. The summed E-state index contributed by atoms with van der Waals surface area (Å²) in [6.07, 6.45) is -5.84. The molecule has 0 aliphatic heterocycles. The Morgan fingerprint density at radius 2 is 2.00 bits per heavy atom. The van der Waals surface area contributed by atoms with Gasteiger partial charge in [0.15, 0.2) is 5.82 Å². The van der Waals surface area contributed by atoms with E-state index in [0.29, 0.717) is 6.07 Å². The molecule has 1 amide bonds. The Hall–Kier alpha value is -1.99. The maximum Gasteiger partial charge on any atom is 0.573 e. The predicted octanol–water partition coefficient (Wildman–Crippen LogP) is 2.90. The standard InChI is InChI=1S/C9H7F4NO3/c1-16-8(15)14-7-3-2-5(4-6(7)10)17-9(11,12)13/h2-4H,1H3,(H,14,15). The predicted molar refractivity (Wildman–Crippen MR) is 49.1 cm³/mol. The third-order valence-electron chi connectivity index (χ3n) is 1.60. The molecule has 4 nitrogen and oxygen atoms in total. The lowest BCUT2D eigenvalue weighted by molar-refractivity contribution is -0.274. The van der Waals surface area contributed by atoms with Crippen molar-refractivity contribution in [3.05, 3.63) is 24.0 Å². The largest absolute Gasteiger partial charge is 0.573 e. The van der Waals surface area contributed by atoms with E-state index in [-0.39, 0.29) is 5.69 Å². The molecule has 0 saturated carbocycles. The highest BCUT2D eigenvalue weighted by Gasteiger charge is 2.31. The van der Waals surface area contributed by atoms with Crippen LogP contribution in [0, 0.1) is 5.82 Å². The van der Waals surface area contributed by atoms with Gasteiger partial charge in [-0.15, -0.1) is 13.2 Å². The van der Waals surface area contributed by atoms with Gasteiger partial charge < -0.3 is 9.47 Å². The lowest BCUT2D eigenvalue weighted by Gasteiger charge is -2.10. The number of amides is 1. The summed E-state index contributed by atoms with van der Waals surface area (Å²) in [7, 11) is 1.06. The highest BCUT2D eigenvalue weighted by Crippen LogP contribution is 2.26. The van der Waals surface area contributed by atoms with E-state index >= 15 is 0 Å². The average molecular weight is 253 g/mol. The fraction of sp³-hybridized carbons (Fsp3) is 0.222. The lowest BCUT2D eigenvalue weighted by Crippen LogP contribution is -2.17. The average Bonchev–Trinajstić information content (AvgIpc) is 2.19. The zero-order valence-corrected chi connectivity index (χ0v) is 8.47. The lowest BCUT2D eigenvalue weighted by atomic mass is 10.3. The van der Waals surface area contributed by atoms with Crippen LogP contribution in [0.2, 0.25) is 0 Å². The van der Waals surface area contributed by atoms with Gasteiger partial charge in [0, 0.05) is 6.07 Å². The molecule has 0 fully saturated rings. The van der Waals surface area contributed by atoms with Gasteiger partial charge in [-0.25, -0.2) is 9.18 Å². The molecule has 8 heteroatoms. The van der Waals surface area contributed by atoms with Crippen molar-refractivity contribution in [2.45, 2.75) is 6.36 Å². The zero-order valence-electron chi connectivity index (χ0n) is 8.47. The molecular weight excluding hydrogens is 246 g/mol. The molecular formula is C9H7F4NO3. The number of carbonyl (C=O) groups is 1.